The molecule has 5 heteroatoms. The smallest absolute Gasteiger partial charge is 0.144 e. The SMILES string of the molecule is CCNc1nc(CSCC(C)C)ncc1Br. The van der Waals surface area contributed by atoms with E-state index in [2.05, 4.69) is 52.0 Å². The minimum Gasteiger partial charge on any atom is -0.369 e. The van der Waals surface area contributed by atoms with Crippen LogP contribution in [0.1, 0.15) is 26.6 Å². The van der Waals surface area contributed by atoms with E-state index in [0.29, 0.717) is 5.92 Å². The predicted octanol–water partition coefficient (Wildman–Crippen LogP) is 3.56. The zero-order chi connectivity index (χ0) is 12.0. The molecule has 1 heterocycles. The van der Waals surface area contributed by atoms with Gasteiger partial charge >= 0.3 is 0 Å². The van der Waals surface area contributed by atoms with Crippen molar-refractivity contribution in [3.63, 3.8) is 0 Å². The van der Waals surface area contributed by atoms with E-state index >= 15 is 0 Å². The Morgan fingerprint density at radius 1 is 1.50 bits per heavy atom. The van der Waals surface area contributed by atoms with Gasteiger partial charge in [0.15, 0.2) is 0 Å². The molecular weight excluding hydrogens is 286 g/mol. The first-order valence-electron chi connectivity index (χ1n) is 5.46. The van der Waals surface area contributed by atoms with Gasteiger partial charge in [0.25, 0.3) is 0 Å². The minimum absolute atomic E-state index is 0.716. The van der Waals surface area contributed by atoms with Crippen LogP contribution in [0.25, 0.3) is 0 Å². The Labute approximate surface area is 110 Å². The van der Waals surface area contributed by atoms with E-state index in [9.17, 15) is 0 Å². The van der Waals surface area contributed by atoms with Gasteiger partial charge in [0.05, 0.1) is 10.2 Å². The second-order valence-electron chi connectivity index (χ2n) is 3.92. The van der Waals surface area contributed by atoms with Crippen LogP contribution in [0.3, 0.4) is 0 Å². The van der Waals surface area contributed by atoms with Crippen LogP contribution in [0.2, 0.25) is 0 Å². The Morgan fingerprint density at radius 2 is 2.25 bits per heavy atom. The molecule has 0 saturated carbocycles. The maximum atomic E-state index is 4.47. The normalized spacial score (nSPS) is 10.8. The Morgan fingerprint density at radius 3 is 2.88 bits per heavy atom. The molecule has 0 unspecified atom stereocenters. The van der Waals surface area contributed by atoms with Crippen LogP contribution in [-0.4, -0.2) is 22.3 Å². The van der Waals surface area contributed by atoms with Crippen LogP contribution in [0, 0.1) is 5.92 Å². The molecule has 16 heavy (non-hydrogen) atoms. The molecule has 0 aliphatic carbocycles. The maximum absolute atomic E-state index is 4.47. The van der Waals surface area contributed by atoms with Crippen LogP contribution in [0.4, 0.5) is 5.82 Å². The van der Waals surface area contributed by atoms with Crippen molar-refractivity contribution in [3.05, 3.63) is 16.5 Å². The number of aromatic nitrogens is 2. The highest BCUT2D eigenvalue weighted by Crippen LogP contribution is 2.20. The third kappa shape index (κ3) is 4.70. The van der Waals surface area contributed by atoms with Crippen molar-refractivity contribution in [2.24, 2.45) is 5.92 Å². The molecule has 0 aliphatic heterocycles. The summed E-state index contributed by atoms with van der Waals surface area (Å²) < 4.78 is 0.923. The summed E-state index contributed by atoms with van der Waals surface area (Å²) in [6.07, 6.45) is 1.82. The lowest BCUT2D eigenvalue weighted by Crippen LogP contribution is -2.04. The van der Waals surface area contributed by atoms with Crippen molar-refractivity contribution in [2.75, 3.05) is 17.6 Å². The van der Waals surface area contributed by atoms with E-state index in [1.807, 2.05) is 18.0 Å². The van der Waals surface area contributed by atoms with E-state index in [4.69, 9.17) is 0 Å². The second kappa shape index (κ2) is 7.12. The van der Waals surface area contributed by atoms with Crippen molar-refractivity contribution in [2.45, 2.75) is 26.5 Å². The average Bonchev–Trinajstić information content (AvgIpc) is 2.22. The topological polar surface area (TPSA) is 37.8 Å². The Hall–Kier alpha value is -0.290. The quantitative estimate of drug-likeness (QED) is 0.872. The average molecular weight is 304 g/mol. The molecule has 0 bridgehead atoms. The fourth-order valence-corrected chi connectivity index (χ4v) is 2.39. The lowest BCUT2D eigenvalue weighted by Gasteiger charge is -2.07. The number of hydrogen-bond donors (Lipinski definition) is 1. The highest BCUT2D eigenvalue weighted by Gasteiger charge is 2.04. The van der Waals surface area contributed by atoms with Crippen LogP contribution in [-0.2, 0) is 5.75 Å². The van der Waals surface area contributed by atoms with Crippen molar-refractivity contribution in [1.82, 2.24) is 9.97 Å². The van der Waals surface area contributed by atoms with Crippen LogP contribution in [0.15, 0.2) is 10.7 Å². The predicted molar refractivity (Wildman–Crippen MR) is 74.9 cm³/mol. The number of thioether (sulfide) groups is 1. The molecule has 0 fully saturated rings. The third-order valence-electron chi connectivity index (χ3n) is 1.82. The standard InChI is InChI=1S/C11H18BrN3S/c1-4-13-11-9(12)5-14-10(15-11)7-16-6-8(2)3/h5,8H,4,6-7H2,1-3H3,(H,13,14,15). The Bertz CT molecular complexity index is 331. The van der Waals surface area contributed by atoms with E-state index < -0.39 is 0 Å². The van der Waals surface area contributed by atoms with Gasteiger partial charge in [0, 0.05) is 12.7 Å². The fourth-order valence-electron chi connectivity index (χ4n) is 1.15. The van der Waals surface area contributed by atoms with Gasteiger partial charge in [0.1, 0.15) is 11.6 Å². The molecule has 1 aromatic rings. The molecule has 0 amide bonds. The molecule has 0 aromatic carbocycles. The van der Waals surface area contributed by atoms with Gasteiger partial charge in [0.2, 0.25) is 0 Å². The summed E-state index contributed by atoms with van der Waals surface area (Å²) >= 11 is 5.31. The van der Waals surface area contributed by atoms with Crippen LogP contribution in [0.5, 0.6) is 0 Å². The summed E-state index contributed by atoms with van der Waals surface area (Å²) in [7, 11) is 0. The molecule has 1 rings (SSSR count). The first-order chi connectivity index (χ1) is 7.63. The number of hydrogen-bond acceptors (Lipinski definition) is 4. The Balaban J connectivity index is 2.56. The molecule has 90 valence electrons. The van der Waals surface area contributed by atoms with Gasteiger partial charge in [-0.2, -0.15) is 11.8 Å². The van der Waals surface area contributed by atoms with Crippen molar-refractivity contribution in [1.29, 1.82) is 0 Å². The molecule has 0 radical (unpaired) electrons. The second-order valence-corrected chi connectivity index (χ2v) is 5.81. The number of halogens is 1. The van der Waals surface area contributed by atoms with Crippen LogP contribution >= 0.6 is 27.7 Å². The summed E-state index contributed by atoms with van der Waals surface area (Å²) in [5.41, 5.74) is 0. The number of rotatable bonds is 6. The monoisotopic (exact) mass is 303 g/mol. The van der Waals surface area contributed by atoms with Crippen LogP contribution < -0.4 is 5.32 Å². The highest BCUT2D eigenvalue weighted by atomic mass is 79.9. The zero-order valence-electron chi connectivity index (χ0n) is 9.96. The lowest BCUT2D eigenvalue weighted by atomic mass is 10.3. The van der Waals surface area contributed by atoms with Gasteiger partial charge < -0.3 is 5.32 Å². The zero-order valence-corrected chi connectivity index (χ0v) is 12.4. The summed E-state index contributed by atoms with van der Waals surface area (Å²) in [6, 6.07) is 0. The third-order valence-corrected chi connectivity index (χ3v) is 3.77. The summed E-state index contributed by atoms with van der Waals surface area (Å²) in [5, 5.41) is 3.21. The van der Waals surface area contributed by atoms with E-state index in [0.717, 1.165) is 34.2 Å². The van der Waals surface area contributed by atoms with E-state index in [1.165, 1.54) is 0 Å². The number of nitrogens with one attached hydrogen (secondary N) is 1. The largest absolute Gasteiger partial charge is 0.369 e. The number of anilines is 1. The maximum Gasteiger partial charge on any atom is 0.144 e. The lowest BCUT2D eigenvalue weighted by molar-refractivity contribution is 0.749. The molecule has 0 atom stereocenters. The molecular formula is C11H18BrN3S. The van der Waals surface area contributed by atoms with Gasteiger partial charge in [-0.25, -0.2) is 9.97 Å². The van der Waals surface area contributed by atoms with Gasteiger partial charge in [-0.05, 0) is 34.5 Å². The Kier molecular flexibility index (Phi) is 6.13. The molecule has 0 saturated heterocycles. The molecule has 0 spiro atoms. The molecule has 0 aliphatic rings. The first kappa shape index (κ1) is 13.8. The molecule has 3 nitrogen and oxygen atoms in total. The minimum atomic E-state index is 0.716. The van der Waals surface area contributed by atoms with Crippen molar-refractivity contribution in [3.8, 4) is 0 Å². The van der Waals surface area contributed by atoms with Gasteiger partial charge in [-0.1, -0.05) is 13.8 Å². The molecule has 1 aromatic heterocycles. The fraction of sp³-hybridized carbons (Fsp3) is 0.636. The van der Waals surface area contributed by atoms with Gasteiger partial charge in [-0.3, -0.25) is 0 Å². The van der Waals surface area contributed by atoms with Crippen molar-refractivity contribution >= 4 is 33.5 Å². The highest BCUT2D eigenvalue weighted by molar-refractivity contribution is 9.10. The molecule has 1 N–H and O–H groups in total. The summed E-state index contributed by atoms with van der Waals surface area (Å²) in [6.45, 7) is 7.37. The first-order valence-corrected chi connectivity index (χ1v) is 7.41. The summed E-state index contributed by atoms with van der Waals surface area (Å²) in [5.74, 6) is 4.52. The number of nitrogens with zero attached hydrogens (tertiary/aromatic N) is 2. The van der Waals surface area contributed by atoms with E-state index in [1.54, 1.807) is 0 Å². The van der Waals surface area contributed by atoms with Crippen molar-refractivity contribution < 1.29 is 0 Å². The van der Waals surface area contributed by atoms with E-state index in [-0.39, 0.29) is 0 Å². The summed E-state index contributed by atoms with van der Waals surface area (Å²) in [4.78, 5) is 8.77. The van der Waals surface area contributed by atoms with Gasteiger partial charge in [-0.15, -0.1) is 0 Å².